The first-order valence-electron chi connectivity index (χ1n) is 19.4. The first-order chi connectivity index (χ1) is 20.6. The second kappa shape index (κ2) is 22.5. The summed E-state index contributed by atoms with van der Waals surface area (Å²) in [5.74, 6) is 1.30. The van der Waals surface area contributed by atoms with Crippen LogP contribution in [-0.2, 0) is 11.8 Å². The van der Waals surface area contributed by atoms with Crippen LogP contribution in [0.5, 0.6) is 5.75 Å². The van der Waals surface area contributed by atoms with Crippen LogP contribution in [-0.4, -0.2) is 6.61 Å². The van der Waals surface area contributed by atoms with Gasteiger partial charge in [0, 0.05) is 5.56 Å². The monoisotopic (exact) mass is 583 g/mol. The Morgan fingerprint density at radius 2 is 1.12 bits per heavy atom. The molecule has 1 aliphatic carbocycles. The second-order valence-corrected chi connectivity index (χ2v) is 14.3. The van der Waals surface area contributed by atoms with Crippen molar-refractivity contribution in [2.75, 3.05) is 6.61 Å². The lowest BCUT2D eigenvalue weighted by atomic mass is 9.68. The summed E-state index contributed by atoms with van der Waals surface area (Å²) in [6.45, 7) is 13.0. The average molecular weight is 583 g/mol. The molecular weight excluding hydrogens is 508 g/mol. The van der Waals surface area contributed by atoms with Crippen LogP contribution in [0.2, 0.25) is 0 Å². The largest absolute Gasteiger partial charge is 0.493 e. The Morgan fingerprint density at radius 1 is 0.571 bits per heavy atom. The van der Waals surface area contributed by atoms with Gasteiger partial charge < -0.3 is 4.74 Å². The quantitative estimate of drug-likeness (QED) is 0.236. The number of unbranched alkanes of at least 4 members (excludes halogenated alkanes) is 3. The molecule has 0 heterocycles. The van der Waals surface area contributed by atoms with Crippen molar-refractivity contribution in [2.45, 2.75) is 213 Å². The van der Waals surface area contributed by atoms with E-state index in [9.17, 15) is 0 Å². The Bertz CT molecular complexity index is 777. The van der Waals surface area contributed by atoms with Crippen LogP contribution in [0.4, 0.5) is 0 Å². The number of hydrogen-bond donors (Lipinski definition) is 0. The van der Waals surface area contributed by atoms with E-state index in [0.29, 0.717) is 5.41 Å². The van der Waals surface area contributed by atoms with E-state index in [-0.39, 0.29) is 5.41 Å². The molecule has 0 N–H and O–H groups in total. The Balaban J connectivity index is 2.38. The normalized spacial score (nSPS) is 22.4. The van der Waals surface area contributed by atoms with Crippen molar-refractivity contribution in [1.29, 1.82) is 0 Å². The number of benzene rings is 1. The van der Waals surface area contributed by atoms with Gasteiger partial charge in [0.1, 0.15) is 5.75 Å². The van der Waals surface area contributed by atoms with Gasteiger partial charge in [0.2, 0.25) is 0 Å². The van der Waals surface area contributed by atoms with Gasteiger partial charge in [-0.2, -0.15) is 0 Å². The van der Waals surface area contributed by atoms with E-state index in [2.05, 4.69) is 52.8 Å². The van der Waals surface area contributed by atoms with Crippen LogP contribution in [0.1, 0.15) is 213 Å². The fourth-order valence-corrected chi connectivity index (χ4v) is 8.04. The zero-order valence-corrected chi connectivity index (χ0v) is 29.4. The van der Waals surface area contributed by atoms with Gasteiger partial charge in [0.25, 0.3) is 0 Å². The highest BCUT2D eigenvalue weighted by atomic mass is 16.5. The summed E-state index contributed by atoms with van der Waals surface area (Å²) in [5, 5.41) is 0. The van der Waals surface area contributed by atoms with Crippen molar-refractivity contribution in [3.8, 4) is 5.75 Å². The Hall–Kier alpha value is -0.980. The molecule has 42 heavy (non-hydrogen) atoms. The third-order valence-corrected chi connectivity index (χ3v) is 11.2. The standard InChI is InChI=1S/C41H74O/c1-6-11-12-28-35-42-39-37-30-29-31-38(39)41(10-5,32-7-2)34-27-25-23-21-19-17-15-13-14-16-18-20-22-24-26-33-40(8-3,9-4)36-37/h29-31H,6-28,32-36H2,1-5H3. The maximum Gasteiger partial charge on any atom is 0.126 e. The highest BCUT2D eigenvalue weighted by molar-refractivity contribution is 5.47. The van der Waals surface area contributed by atoms with Crippen LogP contribution >= 0.6 is 0 Å². The van der Waals surface area contributed by atoms with Crippen molar-refractivity contribution in [3.05, 3.63) is 29.3 Å². The summed E-state index contributed by atoms with van der Waals surface area (Å²) < 4.78 is 6.95. The average Bonchev–Trinajstić information content (AvgIpc) is 3.01. The fraction of sp³-hybridized carbons (Fsp3) is 0.854. The number of rotatable bonds is 11. The van der Waals surface area contributed by atoms with Crippen LogP contribution < -0.4 is 4.74 Å². The molecule has 0 saturated carbocycles. The molecule has 0 saturated heterocycles. The van der Waals surface area contributed by atoms with E-state index < -0.39 is 0 Å². The maximum atomic E-state index is 6.95. The third-order valence-electron chi connectivity index (χ3n) is 11.2. The van der Waals surface area contributed by atoms with Gasteiger partial charge in [-0.25, -0.2) is 0 Å². The molecule has 0 aliphatic heterocycles. The molecule has 1 aromatic carbocycles. The van der Waals surface area contributed by atoms with Crippen molar-refractivity contribution in [1.82, 2.24) is 0 Å². The van der Waals surface area contributed by atoms with Gasteiger partial charge in [0.15, 0.2) is 0 Å². The number of para-hydroxylation sites is 1. The Morgan fingerprint density at radius 3 is 1.62 bits per heavy atom. The lowest BCUT2D eigenvalue weighted by molar-refractivity contribution is 0.220. The molecular formula is C41H74O. The summed E-state index contributed by atoms with van der Waals surface area (Å²) in [5.41, 5.74) is 3.71. The predicted octanol–water partition coefficient (Wildman–Crippen LogP) is 14.1. The number of fused-ring (bicyclic) bond motifs is 2. The van der Waals surface area contributed by atoms with Gasteiger partial charge >= 0.3 is 0 Å². The fourth-order valence-electron chi connectivity index (χ4n) is 8.04. The van der Waals surface area contributed by atoms with Gasteiger partial charge in [-0.1, -0.05) is 188 Å². The van der Waals surface area contributed by atoms with E-state index in [0.717, 1.165) is 6.61 Å². The highest BCUT2D eigenvalue weighted by Gasteiger charge is 2.34. The summed E-state index contributed by atoms with van der Waals surface area (Å²) >= 11 is 0. The van der Waals surface area contributed by atoms with Gasteiger partial charge in [-0.15, -0.1) is 0 Å². The molecule has 0 spiro atoms. The van der Waals surface area contributed by atoms with E-state index >= 15 is 0 Å². The van der Waals surface area contributed by atoms with Crippen molar-refractivity contribution < 1.29 is 4.74 Å². The van der Waals surface area contributed by atoms with Crippen molar-refractivity contribution in [2.24, 2.45) is 5.41 Å². The first-order valence-corrected chi connectivity index (χ1v) is 19.4. The zero-order valence-electron chi connectivity index (χ0n) is 29.4. The van der Waals surface area contributed by atoms with Crippen molar-refractivity contribution in [3.63, 3.8) is 0 Å². The molecule has 2 bridgehead atoms. The highest BCUT2D eigenvalue weighted by Crippen LogP contribution is 2.46. The molecule has 1 heteroatoms. The lowest BCUT2D eigenvalue weighted by Gasteiger charge is -2.37. The Labute approximate surface area is 264 Å². The summed E-state index contributed by atoms with van der Waals surface area (Å²) in [6, 6.07) is 7.32. The van der Waals surface area contributed by atoms with Crippen LogP contribution in [0.15, 0.2) is 18.2 Å². The SMILES string of the molecule is CCCCCCOc1c2cccc1C(CC)(CCC)CCCCCCCCCCCCCCCCCC(CC)(CC)C2. The maximum absolute atomic E-state index is 6.95. The summed E-state index contributed by atoms with van der Waals surface area (Å²) in [7, 11) is 0. The molecule has 244 valence electrons. The molecule has 1 nitrogen and oxygen atoms in total. The first kappa shape index (κ1) is 37.2. The van der Waals surface area contributed by atoms with Gasteiger partial charge in [-0.05, 0) is 54.9 Å². The van der Waals surface area contributed by atoms with E-state index in [1.54, 1.807) is 5.56 Å². The van der Waals surface area contributed by atoms with Crippen LogP contribution in [0, 0.1) is 5.41 Å². The summed E-state index contributed by atoms with van der Waals surface area (Å²) in [4.78, 5) is 0. The topological polar surface area (TPSA) is 9.23 Å². The van der Waals surface area contributed by atoms with Gasteiger partial charge in [-0.3, -0.25) is 0 Å². The minimum atomic E-state index is 0.250. The minimum Gasteiger partial charge on any atom is -0.493 e. The molecule has 1 atom stereocenters. The molecule has 0 aromatic heterocycles. The number of hydrogen-bond acceptors (Lipinski definition) is 1. The van der Waals surface area contributed by atoms with E-state index in [1.165, 1.54) is 185 Å². The molecule has 1 aromatic rings. The third kappa shape index (κ3) is 12.9. The summed E-state index contributed by atoms with van der Waals surface area (Å²) in [6.07, 6.45) is 36.8. The molecule has 0 amide bonds. The van der Waals surface area contributed by atoms with Crippen LogP contribution in [0.25, 0.3) is 0 Å². The van der Waals surface area contributed by atoms with E-state index in [4.69, 9.17) is 4.74 Å². The molecule has 1 unspecified atom stereocenters. The smallest absolute Gasteiger partial charge is 0.126 e. The second-order valence-electron chi connectivity index (χ2n) is 14.3. The van der Waals surface area contributed by atoms with E-state index in [1.807, 2.05) is 0 Å². The predicted molar refractivity (Wildman–Crippen MR) is 188 cm³/mol. The molecule has 0 fully saturated rings. The molecule has 2 rings (SSSR count). The number of ether oxygens (including phenoxy) is 1. The lowest BCUT2D eigenvalue weighted by Crippen LogP contribution is -2.28. The van der Waals surface area contributed by atoms with Gasteiger partial charge in [0.05, 0.1) is 6.61 Å². The Kier molecular flexibility index (Phi) is 19.9. The van der Waals surface area contributed by atoms with Crippen molar-refractivity contribution >= 4 is 0 Å². The zero-order chi connectivity index (χ0) is 30.4. The van der Waals surface area contributed by atoms with Crippen LogP contribution in [0.3, 0.4) is 0 Å². The molecule has 1 aliphatic rings. The minimum absolute atomic E-state index is 0.250. The molecule has 0 radical (unpaired) electrons.